The van der Waals surface area contributed by atoms with E-state index in [0.29, 0.717) is 5.69 Å². The van der Waals surface area contributed by atoms with Crippen molar-refractivity contribution in [2.75, 3.05) is 19.8 Å². The van der Waals surface area contributed by atoms with E-state index in [4.69, 9.17) is 20.9 Å². The van der Waals surface area contributed by atoms with Gasteiger partial charge in [-0.3, -0.25) is 14.4 Å². The first-order valence-electron chi connectivity index (χ1n) is 7.68. The number of halogens is 2. The van der Waals surface area contributed by atoms with E-state index in [-0.39, 0.29) is 29.7 Å². The van der Waals surface area contributed by atoms with Crippen molar-refractivity contribution in [1.29, 1.82) is 0 Å². The predicted octanol–water partition coefficient (Wildman–Crippen LogP) is 0.774. The van der Waals surface area contributed by atoms with E-state index in [9.17, 15) is 18.8 Å². The normalized spacial score (nSPS) is 10.2. The number of carbonyl (C=O) groups is 3. The Labute approximate surface area is 158 Å². The number of hydrogen-bond donors (Lipinski definition) is 3. The zero-order valence-electron chi connectivity index (χ0n) is 14.2. The molecule has 0 bridgehead atoms. The summed E-state index contributed by atoms with van der Waals surface area (Å²) in [6.45, 7) is 0.774. The molecule has 1 aromatic heterocycles. The van der Waals surface area contributed by atoms with E-state index < -0.39 is 30.1 Å². The number of amides is 3. The summed E-state index contributed by atoms with van der Waals surface area (Å²) in [4.78, 5) is 34.9. The zero-order valence-corrected chi connectivity index (χ0v) is 14.9. The molecule has 0 aliphatic carbocycles. The van der Waals surface area contributed by atoms with Gasteiger partial charge in [0.15, 0.2) is 6.61 Å². The summed E-state index contributed by atoms with van der Waals surface area (Å²) in [6, 6.07) is 5.20. The number of rotatable bonds is 8. The first-order valence-corrected chi connectivity index (χ1v) is 8.05. The maximum absolute atomic E-state index is 13.2. The van der Waals surface area contributed by atoms with E-state index in [1.54, 1.807) is 6.92 Å². The highest BCUT2D eigenvalue weighted by Gasteiger charge is 2.12. The SMILES string of the molecule is Cc1cc(C(=O)NCNC(=O)CNC(=O)COc2ccc(Cl)c(F)c2)on1. The van der Waals surface area contributed by atoms with Crippen LogP contribution in [0, 0.1) is 12.7 Å². The molecular weight excluding hydrogens is 383 g/mol. The average Bonchev–Trinajstić information content (AvgIpc) is 3.07. The summed E-state index contributed by atoms with van der Waals surface area (Å²) < 4.78 is 23.1. The molecule has 1 aromatic carbocycles. The van der Waals surface area contributed by atoms with Crippen molar-refractivity contribution in [3.8, 4) is 5.75 Å². The van der Waals surface area contributed by atoms with Crippen molar-refractivity contribution in [1.82, 2.24) is 21.1 Å². The van der Waals surface area contributed by atoms with Gasteiger partial charge in [0.2, 0.25) is 11.7 Å². The van der Waals surface area contributed by atoms with Crippen LogP contribution in [0.2, 0.25) is 5.02 Å². The van der Waals surface area contributed by atoms with Gasteiger partial charge >= 0.3 is 0 Å². The van der Waals surface area contributed by atoms with Gasteiger partial charge in [-0.2, -0.15) is 0 Å². The fraction of sp³-hybridized carbons (Fsp3) is 0.250. The number of ether oxygens (including phenoxy) is 1. The monoisotopic (exact) mass is 398 g/mol. The Kier molecular flexibility index (Phi) is 7.12. The molecule has 1 heterocycles. The van der Waals surface area contributed by atoms with Gasteiger partial charge < -0.3 is 25.2 Å². The summed E-state index contributed by atoms with van der Waals surface area (Å²) in [5.41, 5.74) is 0.551. The van der Waals surface area contributed by atoms with Crippen LogP contribution in [0.5, 0.6) is 5.75 Å². The molecule has 0 unspecified atom stereocenters. The molecule has 2 rings (SSSR count). The number of hydrogen-bond acceptors (Lipinski definition) is 6. The Balaban J connectivity index is 1.62. The van der Waals surface area contributed by atoms with Gasteiger partial charge in [0.05, 0.1) is 23.9 Å². The Morgan fingerprint density at radius 3 is 2.63 bits per heavy atom. The molecule has 0 spiro atoms. The second-order valence-corrected chi connectivity index (χ2v) is 5.66. The lowest BCUT2D eigenvalue weighted by atomic mass is 10.3. The Morgan fingerprint density at radius 2 is 1.96 bits per heavy atom. The van der Waals surface area contributed by atoms with Gasteiger partial charge in [0, 0.05) is 12.1 Å². The van der Waals surface area contributed by atoms with E-state index in [1.807, 2.05) is 0 Å². The molecule has 3 amide bonds. The summed E-state index contributed by atoms with van der Waals surface area (Å²) in [5.74, 6) is -2.18. The molecular formula is C16H16ClFN4O5. The third-order valence-corrected chi connectivity index (χ3v) is 3.40. The van der Waals surface area contributed by atoms with Crippen LogP contribution < -0.4 is 20.7 Å². The second-order valence-electron chi connectivity index (χ2n) is 5.26. The van der Waals surface area contributed by atoms with Crippen molar-refractivity contribution in [3.63, 3.8) is 0 Å². The minimum atomic E-state index is -0.670. The third-order valence-electron chi connectivity index (χ3n) is 3.09. The van der Waals surface area contributed by atoms with Crippen LogP contribution in [-0.4, -0.2) is 42.7 Å². The van der Waals surface area contributed by atoms with Crippen LogP contribution in [-0.2, 0) is 9.59 Å². The number of nitrogens with one attached hydrogen (secondary N) is 3. The highest BCUT2D eigenvalue weighted by atomic mass is 35.5. The van der Waals surface area contributed by atoms with Crippen LogP contribution in [0.25, 0.3) is 0 Å². The number of aryl methyl sites for hydroxylation is 1. The Bertz CT molecular complexity index is 842. The molecule has 9 nitrogen and oxygen atoms in total. The fourth-order valence-electron chi connectivity index (χ4n) is 1.79. The van der Waals surface area contributed by atoms with Crippen molar-refractivity contribution in [2.24, 2.45) is 0 Å². The second kappa shape index (κ2) is 9.53. The first-order chi connectivity index (χ1) is 12.8. The molecule has 0 aliphatic rings. The van der Waals surface area contributed by atoms with Crippen molar-refractivity contribution < 1.29 is 28.0 Å². The quantitative estimate of drug-likeness (QED) is 0.564. The number of nitrogens with zero attached hydrogens (tertiary/aromatic N) is 1. The fourth-order valence-corrected chi connectivity index (χ4v) is 1.91. The van der Waals surface area contributed by atoms with E-state index in [0.717, 1.165) is 6.07 Å². The molecule has 0 fully saturated rings. The largest absolute Gasteiger partial charge is 0.484 e. The van der Waals surface area contributed by atoms with Crippen molar-refractivity contribution >= 4 is 29.3 Å². The molecule has 0 saturated heterocycles. The van der Waals surface area contributed by atoms with E-state index in [1.165, 1.54) is 18.2 Å². The molecule has 0 saturated carbocycles. The topological polar surface area (TPSA) is 123 Å². The summed E-state index contributed by atoms with van der Waals surface area (Å²) in [6.07, 6.45) is 0. The van der Waals surface area contributed by atoms with Crippen molar-refractivity contribution in [3.05, 3.63) is 46.6 Å². The van der Waals surface area contributed by atoms with Crippen LogP contribution in [0.15, 0.2) is 28.8 Å². The molecule has 2 aromatic rings. The van der Waals surface area contributed by atoms with Gasteiger partial charge in [-0.1, -0.05) is 16.8 Å². The molecule has 0 aliphatic heterocycles. The van der Waals surface area contributed by atoms with Gasteiger partial charge in [-0.25, -0.2) is 4.39 Å². The highest BCUT2D eigenvalue weighted by Crippen LogP contribution is 2.20. The maximum Gasteiger partial charge on any atom is 0.291 e. The van der Waals surface area contributed by atoms with Crippen LogP contribution in [0.4, 0.5) is 4.39 Å². The standard InChI is InChI=1S/C16H16ClFN4O5/c1-9-4-13(27-22-9)16(25)21-8-20-14(23)6-19-15(24)7-26-10-2-3-11(17)12(18)5-10/h2-5H,6-8H2,1H3,(H,19,24)(H,20,23)(H,21,25). The molecule has 3 N–H and O–H groups in total. The minimum absolute atomic E-state index is 0.0193. The molecule has 144 valence electrons. The predicted molar refractivity (Wildman–Crippen MR) is 91.6 cm³/mol. The van der Waals surface area contributed by atoms with Crippen LogP contribution >= 0.6 is 11.6 Å². The minimum Gasteiger partial charge on any atom is -0.484 e. The maximum atomic E-state index is 13.2. The van der Waals surface area contributed by atoms with Crippen LogP contribution in [0.3, 0.4) is 0 Å². The molecule has 0 atom stereocenters. The Morgan fingerprint density at radius 1 is 1.19 bits per heavy atom. The van der Waals surface area contributed by atoms with E-state index >= 15 is 0 Å². The van der Waals surface area contributed by atoms with E-state index in [2.05, 4.69) is 21.1 Å². The first kappa shape index (κ1) is 20.2. The van der Waals surface area contributed by atoms with Crippen LogP contribution in [0.1, 0.15) is 16.2 Å². The Hall–Kier alpha value is -3.14. The summed E-state index contributed by atoms with van der Waals surface area (Å²) in [5, 5.41) is 10.6. The average molecular weight is 399 g/mol. The zero-order chi connectivity index (χ0) is 19.8. The summed E-state index contributed by atoms with van der Waals surface area (Å²) in [7, 11) is 0. The number of aromatic nitrogens is 1. The number of benzene rings is 1. The van der Waals surface area contributed by atoms with Crippen molar-refractivity contribution in [2.45, 2.75) is 6.92 Å². The number of carbonyl (C=O) groups excluding carboxylic acids is 3. The van der Waals surface area contributed by atoms with Gasteiger partial charge in [0.1, 0.15) is 11.6 Å². The third kappa shape index (κ3) is 6.59. The molecule has 0 radical (unpaired) electrons. The smallest absolute Gasteiger partial charge is 0.291 e. The molecule has 27 heavy (non-hydrogen) atoms. The highest BCUT2D eigenvalue weighted by molar-refractivity contribution is 6.30. The lowest BCUT2D eigenvalue weighted by Crippen LogP contribution is -2.43. The summed E-state index contributed by atoms with van der Waals surface area (Å²) >= 11 is 5.54. The lowest BCUT2D eigenvalue weighted by Gasteiger charge is -2.09. The molecule has 11 heteroatoms. The van der Waals surface area contributed by atoms with Gasteiger partial charge in [0.25, 0.3) is 11.8 Å². The van der Waals surface area contributed by atoms with Gasteiger partial charge in [-0.05, 0) is 19.1 Å². The van der Waals surface area contributed by atoms with Gasteiger partial charge in [-0.15, -0.1) is 0 Å². The lowest BCUT2D eigenvalue weighted by molar-refractivity contribution is -0.127.